The van der Waals surface area contributed by atoms with Crippen molar-refractivity contribution in [2.24, 2.45) is 5.10 Å². The van der Waals surface area contributed by atoms with Crippen molar-refractivity contribution in [3.8, 4) is 5.75 Å². The molecule has 0 saturated heterocycles. The number of hydrazine groups is 1. The molecule has 180 valence electrons. The number of benzene rings is 2. The number of amides is 3. The second-order valence-electron chi connectivity index (χ2n) is 7.79. The van der Waals surface area contributed by atoms with E-state index in [0.29, 0.717) is 51.2 Å². The Balaban J connectivity index is 1.40. The summed E-state index contributed by atoms with van der Waals surface area (Å²) in [7, 11) is 0. The van der Waals surface area contributed by atoms with Crippen LogP contribution in [0.5, 0.6) is 5.75 Å². The number of hydrazone groups is 1. The van der Waals surface area contributed by atoms with Gasteiger partial charge in [-0.15, -0.1) is 0 Å². The first-order valence-electron chi connectivity index (χ1n) is 10.9. The Morgan fingerprint density at radius 2 is 1.74 bits per heavy atom. The summed E-state index contributed by atoms with van der Waals surface area (Å²) < 4.78 is 11.8. The van der Waals surface area contributed by atoms with Crippen molar-refractivity contribution in [2.45, 2.75) is 26.2 Å². The average Bonchev–Trinajstić information content (AvgIpc) is 3.22. The zero-order chi connectivity index (χ0) is 24.8. The molecule has 0 spiro atoms. The Hall–Kier alpha value is -3.92. The van der Waals surface area contributed by atoms with Gasteiger partial charge in [-0.05, 0) is 60.0 Å². The van der Waals surface area contributed by atoms with Crippen molar-refractivity contribution in [3.63, 3.8) is 0 Å². The molecule has 2 aromatic carbocycles. The van der Waals surface area contributed by atoms with Gasteiger partial charge in [0.25, 0.3) is 11.8 Å². The van der Waals surface area contributed by atoms with Gasteiger partial charge in [-0.2, -0.15) is 5.10 Å². The number of halogens is 1. The van der Waals surface area contributed by atoms with Crippen molar-refractivity contribution in [1.82, 2.24) is 16.3 Å². The van der Waals surface area contributed by atoms with E-state index in [1.54, 1.807) is 49.4 Å². The fourth-order valence-electron chi connectivity index (χ4n) is 3.71. The van der Waals surface area contributed by atoms with Crippen LogP contribution in [-0.4, -0.2) is 30.0 Å². The number of hydrogen-bond donors (Lipinski definition) is 3. The molecule has 1 aromatic heterocycles. The predicted molar refractivity (Wildman–Crippen MR) is 132 cm³/mol. The second-order valence-corrected chi connectivity index (χ2v) is 8.65. The van der Waals surface area contributed by atoms with Gasteiger partial charge in [0, 0.05) is 22.0 Å². The summed E-state index contributed by atoms with van der Waals surface area (Å²) in [6.07, 6.45) is 2.02. The first kappa shape index (κ1) is 24.2. The summed E-state index contributed by atoms with van der Waals surface area (Å²) in [5.74, 6) is -0.231. The molecule has 0 fully saturated rings. The molecule has 4 rings (SSSR count). The Bertz CT molecular complexity index is 1290. The minimum absolute atomic E-state index is 0.0750. The Morgan fingerprint density at radius 3 is 2.51 bits per heavy atom. The molecule has 0 bridgehead atoms. The number of fused-ring (bicyclic) bond motifs is 1. The van der Waals surface area contributed by atoms with E-state index in [4.69, 9.17) is 9.15 Å². The van der Waals surface area contributed by atoms with Gasteiger partial charge in [-0.3, -0.25) is 25.2 Å². The number of hydrogen-bond acceptors (Lipinski definition) is 6. The van der Waals surface area contributed by atoms with Gasteiger partial charge in [0.2, 0.25) is 0 Å². The van der Waals surface area contributed by atoms with Gasteiger partial charge in [0.05, 0.1) is 11.3 Å². The number of furan rings is 1. The summed E-state index contributed by atoms with van der Waals surface area (Å²) in [5, 5.41) is 4.32. The van der Waals surface area contributed by atoms with Gasteiger partial charge >= 0.3 is 5.91 Å². The first-order valence-corrected chi connectivity index (χ1v) is 11.7. The Morgan fingerprint density at radius 1 is 1.00 bits per heavy atom. The number of rotatable bonds is 6. The summed E-state index contributed by atoms with van der Waals surface area (Å²) in [6.45, 7) is 1.49. The van der Waals surface area contributed by atoms with E-state index >= 15 is 0 Å². The molecule has 35 heavy (non-hydrogen) atoms. The lowest BCUT2D eigenvalue weighted by Gasteiger charge is -2.13. The summed E-state index contributed by atoms with van der Waals surface area (Å²) in [5.41, 5.74) is 9.64. The molecule has 0 unspecified atom stereocenters. The molecule has 0 atom stereocenters. The largest absolute Gasteiger partial charge is 0.484 e. The minimum atomic E-state index is -0.596. The van der Waals surface area contributed by atoms with E-state index in [2.05, 4.69) is 37.3 Å². The third-order valence-corrected chi connectivity index (χ3v) is 6.06. The normalized spacial score (nSPS) is 13.6. The third-order valence-electron chi connectivity index (χ3n) is 5.37. The van der Waals surface area contributed by atoms with Gasteiger partial charge in [-0.25, -0.2) is 5.43 Å². The maximum atomic E-state index is 12.7. The molecule has 3 N–H and O–H groups in total. The van der Waals surface area contributed by atoms with Crippen LogP contribution in [0.4, 0.5) is 0 Å². The molecule has 1 heterocycles. The van der Waals surface area contributed by atoms with Crippen LogP contribution in [0.15, 0.2) is 68.6 Å². The van der Waals surface area contributed by atoms with Crippen LogP contribution in [0.2, 0.25) is 0 Å². The van der Waals surface area contributed by atoms with Crippen LogP contribution < -0.4 is 21.0 Å². The van der Waals surface area contributed by atoms with Crippen LogP contribution in [-0.2, 0) is 11.2 Å². The molecule has 0 radical (unpaired) electrons. The highest BCUT2D eigenvalue weighted by molar-refractivity contribution is 9.10. The standard InChI is InChI=1S/C25H23BrN4O5/c1-15-22-19(27-29-24(32)17-10-5-6-11-18(17)26)12-7-13-20(22)35-23(15)25(33)30-28-21(31)14-34-16-8-3-2-4-9-16/h2-6,8-11H,7,12-14H2,1H3,(H,28,31)(H,29,32)(H,30,33)/b27-19+. The lowest BCUT2D eigenvalue weighted by molar-refractivity contribution is -0.123. The van der Waals surface area contributed by atoms with Crippen molar-refractivity contribution >= 4 is 39.4 Å². The zero-order valence-electron chi connectivity index (χ0n) is 18.9. The van der Waals surface area contributed by atoms with Gasteiger partial charge in [-0.1, -0.05) is 30.3 Å². The number of aryl methyl sites for hydroxylation is 1. The fourth-order valence-corrected chi connectivity index (χ4v) is 4.17. The number of nitrogens with zero attached hydrogens (tertiary/aromatic N) is 1. The van der Waals surface area contributed by atoms with Crippen LogP contribution in [0.1, 0.15) is 50.6 Å². The lowest BCUT2D eigenvalue weighted by atomic mass is 9.93. The summed E-state index contributed by atoms with van der Waals surface area (Å²) in [6, 6.07) is 15.9. The molecule has 3 amide bonds. The second kappa shape index (κ2) is 11.0. The van der Waals surface area contributed by atoms with E-state index in [9.17, 15) is 14.4 Å². The van der Waals surface area contributed by atoms with E-state index in [-0.39, 0.29) is 18.3 Å². The SMILES string of the molecule is Cc1c(C(=O)NNC(=O)COc2ccccc2)oc2c1/C(=N/NC(=O)c1ccccc1Br)CCC2. The molecule has 1 aliphatic rings. The number of carbonyl (C=O) groups is 3. The summed E-state index contributed by atoms with van der Waals surface area (Å²) in [4.78, 5) is 37.2. The molecule has 3 aromatic rings. The van der Waals surface area contributed by atoms with Gasteiger partial charge < -0.3 is 9.15 Å². The van der Waals surface area contributed by atoms with E-state index in [1.807, 2.05) is 12.1 Å². The fraction of sp³-hybridized carbons (Fsp3) is 0.200. The van der Waals surface area contributed by atoms with E-state index in [0.717, 1.165) is 6.42 Å². The molecular weight excluding hydrogens is 516 g/mol. The van der Waals surface area contributed by atoms with Crippen LogP contribution >= 0.6 is 15.9 Å². The van der Waals surface area contributed by atoms with Gasteiger partial charge in [0.15, 0.2) is 12.4 Å². The molecule has 0 saturated carbocycles. The van der Waals surface area contributed by atoms with Crippen molar-refractivity contribution in [1.29, 1.82) is 0 Å². The molecular formula is C25H23BrN4O5. The van der Waals surface area contributed by atoms with Crippen LogP contribution in [0.3, 0.4) is 0 Å². The maximum Gasteiger partial charge on any atom is 0.305 e. The van der Waals surface area contributed by atoms with E-state index < -0.39 is 11.8 Å². The number of ether oxygens (including phenoxy) is 1. The Kier molecular flexibility index (Phi) is 7.61. The van der Waals surface area contributed by atoms with Crippen molar-refractivity contribution in [3.05, 3.63) is 87.3 Å². The minimum Gasteiger partial charge on any atom is -0.484 e. The molecule has 1 aliphatic carbocycles. The predicted octanol–water partition coefficient (Wildman–Crippen LogP) is 3.66. The van der Waals surface area contributed by atoms with E-state index in [1.165, 1.54) is 0 Å². The average molecular weight is 539 g/mol. The van der Waals surface area contributed by atoms with Crippen molar-refractivity contribution < 1.29 is 23.5 Å². The molecule has 10 heteroatoms. The van der Waals surface area contributed by atoms with Crippen LogP contribution in [0.25, 0.3) is 0 Å². The van der Waals surface area contributed by atoms with Crippen LogP contribution in [0, 0.1) is 6.92 Å². The highest BCUT2D eigenvalue weighted by Crippen LogP contribution is 2.30. The first-order chi connectivity index (χ1) is 16.9. The van der Waals surface area contributed by atoms with Gasteiger partial charge in [0.1, 0.15) is 11.5 Å². The zero-order valence-corrected chi connectivity index (χ0v) is 20.5. The number of carbonyl (C=O) groups excluding carboxylic acids is 3. The smallest absolute Gasteiger partial charge is 0.305 e. The number of para-hydroxylation sites is 1. The molecule has 0 aliphatic heterocycles. The molecule has 9 nitrogen and oxygen atoms in total. The van der Waals surface area contributed by atoms with Crippen molar-refractivity contribution in [2.75, 3.05) is 6.61 Å². The topological polar surface area (TPSA) is 122 Å². The maximum absolute atomic E-state index is 12.7. The highest BCUT2D eigenvalue weighted by Gasteiger charge is 2.28. The number of nitrogens with one attached hydrogen (secondary N) is 3. The Labute approximate surface area is 210 Å². The quantitative estimate of drug-likeness (QED) is 0.413. The third kappa shape index (κ3) is 5.78. The monoisotopic (exact) mass is 538 g/mol. The highest BCUT2D eigenvalue weighted by atomic mass is 79.9. The lowest BCUT2D eigenvalue weighted by Crippen LogP contribution is -2.43. The summed E-state index contributed by atoms with van der Waals surface area (Å²) >= 11 is 3.36.